The molecule has 0 unspecified atom stereocenters. The van der Waals surface area contributed by atoms with E-state index in [1.165, 1.54) is 30.3 Å². The van der Waals surface area contributed by atoms with Crippen LogP contribution in [-0.2, 0) is 9.53 Å². The third-order valence-electron chi connectivity index (χ3n) is 5.48. The molecule has 1 aliphatic rings. The Labute approximate surface area is 212 Å². The first kappa shape index (κ1) is 26.4. The second-order valence-electron chi connectivity index (χ2n) is 7.98. The third-order valence-corrected chi connectivity index (χ3v) is 6.33. The van der Waals surface area contributed by atoms with Gasteiger partial charge in [0.1, 0.15) is 28.8 Å². The lowest BCUT2D eigenvalue weighted by Gasteiger charge is -2.23. The van der Waals surface area contributed by atoms with Crippen molar-refractivity contribution < 1.29 is 34.1 Å². The first-order valence-electron chi connectivity index (χ1n) is 11.2. The minimum atomic E-state index is -1.27. The number of carbonyl (C=O) groups is 3. The molecule has 188 valence electrons. The Morgan fingerprint density at radius 2 is 1.80 bits per heavy atom. The Bertz CT molecular complexity index is 1100. The van der Waals surface area contributed by atoms with E-state index in [0.29, 0.717) is 0 Å². The van der Waals surface area contributed by atoms with Crippen molar-refractivity contribution in [1.82, 2.24) is 5.32 Å². The Morgan fingerprint density at radius 1 is 1.09 bits per heavy atom. The number of nitrogens with one attached hydrogen (secondary N) is 1. The van der Waals surface area contributed by atoms with Crippen LogP contribution in [0.1, 0.15) is 49.4 Å². The summed E-state index contributed by atoms with van der Waals surface area (Å²) in [5, 5.41) is 22.1. The predicted molar refractivity (Wildman–Crippen MR) is 131 cm³/mol. The number of phenolic OH excluding ortho intramolecular Hbond substituents is 1. The minimum absolute atomic E-state index is 0.0307. The maximum atomic E-state index is 12.7. The van der Waals surface area contributed by atoms with E-state index in [1.54, 1.807) is 6.92 Å². The van der Waals surface area contributed by atoms with Gasteiger partial charge in [0, 0.05) is 6.04 Å². The number of hydrogen-bond donors (Lipinski definition) is 3. The van der Waals surface area contributed by atoms with E-state index in [9.17, 15) is 19.5 Å². The topological polar surface area (TPSA) is 125 Å². The number of phenols is 1. The summed E-state index contributed by atoms with van der Waals surface area (Å²) in [5.41, 5.74) is 0.0879. The van der Waals surface area contributed by atoms with Gasteiger partial charge in [-0.3, -0.25) is 14.5 Å². The lowest BCUT2D eigenvalue weighted by atomic mass is 9.95. The highest BCUT2D eigenvalue weighted by Crippen LogP contribution is 2.41. The van der Waals surface area contributed by atoms with Gasteiger partial charge in [0.25, 0.3) is 5.91 Å². The summed E-state index contributed by atoms with van der Waals surface area (Å²) in [6.45, 7) is 0.940. The van der Waals surface area contributed by atoms with E-state index in [1.807, 2.05) is 0 Å². The number of rotatable bonds is 8. The van der Waals surface area contributed by atoms with Crippen molar-refractivity contribution in [3.63, 3.8) is 0 Å². The summed E-state index contributed by atoms with van der Waals surface area (Å²) in [4.78, 5) is 37.0. The number of nitrogens with zero attached hydrogens (tertiary/aromatic N) is 1. The van der Waals surface area contributed by atoms with Crippen LogP contribution >= 0.6 is 23.2 Å². The highest BCUT2D eigenvalue weighted by Gasteiger charge is 2.25. The van der Waals surface area contributed by atoms with Crippen LogP contribution in [0.3, 0.4) is 0 Å². The summed E-state index contributed by atoms with van der Waals surface area (Å²) in [6.07, 6.45) is 4.15. The maximum Gasteiger partial charge on any atom is 0.414 e. The van der Waals surface area contributed by atoms with Gasteiger partial charge in [0.15, 0.2) is 0 Å². The molecule has 1 aliphatic carbocycles. The van der Waals surface area contributed by atoms with Gasteiger partial charge in [0.05, 0.1) is 22.9 Å². The van der Waals surface area contributed by atoms with Crippen molar-refractivity contribution in [2.75, 3.05) is 18.1 Å². The predicted octanol–water partition coefficient (Wildman–Crippen LogP) is 5.60. The third kappa shape index (κ3) is 6.70. The molecule has 9 nitrogen and oxygen atoms in total. The zero-order valence-electron chi connectivity index (χ0n) is 19.1. The molecule has 1 saturated carbocycles. The molecule has 0 bridgehead atoms. The van der Waals surface area contributed by atoms with Crippen LogP contribution in [0.2, 0.25) is 10.0 Å². The number of benzene rings is 2. The summed E-state index contributed by atoms with van der Waals surface area (Å²) in [5.74, 6) is -1.55. The maximum absolute atomic E-state index is 12.7. The number of hydrogen-bond acceptors (Lipinski definition) is 6. The van der Waals surface area contributed by atoms with Gasteiger partial charge in [0.2, 0.25) is 0 Å². The van der Waals surface area contributed by atoms with Gasteiger partial charge in [-0.1, -0.05) is 42.5 Å². The average molecular weight is 525 g/mol. The molecule has 3 rings (SSSR count). The first-order chi connectivity index (χ1) is 16.7. The van der Waals surface area contributed by atoms with E-state index in [0.717, 1.165) is 37.0 Å². The molecule has 0 radical (unpaired) electrons. The molecule has 0 saturated heterocycles. The molecule has 2 amide bonds. The van der Waals surface area contributed by atoms with Crippen LogP contribution in [0.4, 0.5) is 10.5 Å². The number of aliphatic carboxylic acids is 1. The number of carbonyl (C=O) groups excluding carboxylic acids is 2. The van der Waals surface area contributed by atoms with Crippen molar-refractivity contribution in [2.24, 2.45) is 0 Å². The van der Waals surface area contributed by atoms with Gasteiger partial charge in [-0.05, 0) is 50.1 Å². The molecule has 0 spiro atoms. The molecular formula is C24H26Cl2N2O7. The van der Waals surface area contributed by atoms with E-state index in [2.05, 4.69) is 5.32 Å². The fourth-order valence-corrected chi connectivity index (χ4v) is 4.25. The Morgan fingerprint density at radius 3 is 2.46 bits per heavy atom. The van der Waals surface area contributed by atoms with Crippen molar-refractivity contribution >= 4 is 46.9 Å². The van der Waals surface area contributed by atoms with Crippen LogP contribution in [-0.4, -0.2) is 47.4 Å². The zero-order valence-corrected chi connectivity index (χ0v) is 20.6. The van der Waals surface area contributed by atoms with Crippen molar-refractivity contribution in [1.29, 1.82) is 0 Å². The molecule has 0 aromatic heterocycles. The Balaban J connectivity index is 1.83. The fourth-order valence-electron chi connectivity index (χ4n) is 3.79. The van der Waals surface area contributed by atoms with Crippen LogP contribution in [0.5, 0.6) is 17.2 Å². The standard InChI is InChI=1S/C24H26Cl2N2O7/c1-2-34-24(33)28(13-20(30)31)17-9-11-19(22(26)21(17)25)35-15-8-10-18(29)16(12-15)23(32)27-14-6-4-3-5-7-14/h8-12,14,29H,2-7,13H2,1H3,(H,27,32)(H,30,31). The van der Waals surface area contributed by atoms with Gasteiger partial charge >= 0.3 is 12.1 Å². The second-order valence-corrected chi connectivity index (χ2v) is 8.73. The SMILES string of the molecule is CCOC(=O)N(CC(=O)O)c1ccc(Oc2ccc(O)c(C(=O)NC3CCCCC3)c2)c(Cl)c1Cl. The van der Waals surface area contributed by atoms with Crippen LogP contribution in [0.15, 0.2) is 30.3 Å². The first-order valence-corrected chi connectivity index (χ1v) is 11.9. The van der Waals surface area contributed by atoms with Crippen LogP contribution in [0, 0.1) is 0 Å². The monoisotopic (exact) mass is 524 g/mol. The molecule has 0 atom stereocenters. The molecule has 3 N–H and O–H groups in total. The smallest absolute Gasteiger partial charge is 0.414 e. The van der Waals surface area contributed by atoms with Crippen LogP contribution < -0.4 is 15.0 Å². The molecule has 2 aromatic carbocycles. The van der Waals surface area contributed by atoms with E-state index >= 15 is 0 Å². The minimum Gasteiger partial charge on any atom is -0.507 e. The molecule has 35 heavy (non-hydrogen) atoms. The quantitative estimate of drug-likeness (QED) is 0.410. The molecule has 11 heteroatoms. The number of carboxylic acids is 1. The lowest BCUT2D eigenvalue weighted by Crippen LogP contribution is -2.36. The molecule has 2 aromatic rings. The number of ether oxygens (including phenoxy) is 2. The summed E-state index contributed by atoms with van der Waals surface area (Å²) in [6, 6.07) is 7.03. The highest BCUT2D eigenvalue weighted by atomic mass is 35.5. The number of carboxylic acid groups (broad SMARTS) is 1. The average Bonchev–Trinajstić information content (AvgIpc) is 2.82. The molecule has 0 aliphatic heterocycles. The normalized spacial score (nSPS) is 13.7. The zero-order chi connectivity index (χ0) is 25.5. The van der Waals surface area contributed by atoms with E-state index in [-0.39, 0.29) is 51.2 Å². The molecule has 1 fully saturated rings. The number of halogens is 2. The van der Waals surface area contributed by atoms with E-state index < -0.39 is 24.5 Å². The lowest BCUT2D eigenvalue weighted by molar-refractivity contribution is -0.135. The number of aromatic hydroxyl groups is 1. The number of anilines is 1. The summed E-state index contributed by atoms with van der Waals surface area (Å²) >= 11 is 12.7. The van der Waals surface area contributed by atoms with Crippen molar-refractivity contribution in [2.45, 2.75) is 45.1 Å². The Kier molecular flexibility index (Phi) is 9.06. The van der Waals surface area contributed by atoms with Gasteiger partial charge < -0.3 is 25.0 Å². The summed E-state index contributed by atoms with van der Waals surface area (Å²) < 4.78 is 10.7. The van der Waals surface area contributed by atoms with Crippen LogP contribution in [0.25, 0.3) is 0 Å². The largest absolute Gasteiger partial charge is 0.507 e. The van der Waals surface area contributed by atoms with Gasteiger partial charge in [-0.25, -0.2) is 4.79 Å². The molecule has 0 heterocycles. The van der Waals surface area contributed by atoms with E-state index in [4.69, 9.17) is 37.8 Å². The van der Waals surface area contributed by atoms with Crippen molar-refractivity contribution in [3.8, 4) is 17.2 Å². The number of amides is 2. The fraction of sp³-hybridized carbons (Fsp3) is 0.375. The highest BCUT2D eigenvalue weighted by molar-refractivity contribution is 6.45. The molecular weight excluding hydrogens is 499 g/mol. The summed E-state index contributed by atoms with van der Waals surface area (Å²) in [7, 11) is 0. The van der Waals surface area contributed by atoms with Gasteiger partial charge in [-0.15, -0.1) is 0 Å². The van der Waals surface area contributed by atoms with Crippen molar-refractivity contribution in [3.05, 3.63) is 45.9 Å². The second kappa shape index (κ2) is 12.0. The Hall–Kier alpha value is -3.17. The van der Waals surface area contributed by atoms with Gasteiger partial charge in [-0.2, -0.15) is 0 Å².